The van der Waals surface area contributed by atoms with Gasteiger partial charge in [-0.05, 0) is 76.2 Å². The molecular formula is C25H22FNO3S. The zero-order valence-corrected chi connectivity index (χ0v) is 17.9. The predicted molar refractivity (Wildman–Crippen MR) is 120 cm³/mol. The smallest absolute Gasteiger partial charge is 0.240 e. The predicted octanol–water partition coefficient (Wildman–Crippen LogP) is 5.93. The van der Waals surface area contributed by atoms with Gasteiger partial charge in [-0.15, -0.1) is 0 Å². The van der Waals surface area contributed by atoms with Gasteiger partial charge in [0, 0.05) is 5.56 Å². The second-order valence-corrected chi connectivity index (χ2v) is 9.33. The van der Waals surface area contributed by atoms with Crippen LogP contribution >= 0.6 is 0 Å². The fraction of sp³-hybridized carbons (Fsp3) is 0.240. The Morgan fingerprint density at radius 2 is 1.90 bits per heavy atom. The zero-order chi connectivity index (χ0) is 21.5. The van der Waals surface area contributed by atoms with Crippen LogP contribution in [0, 0.1) is 12.7 Å². The summed E-state index contributed by atoms with van der Waals surface area (Å²) in [7, 11) is 0. The van der Waals surface area contributed by atoms with E-state index in [0.29, 0.717) is 6.42 Å². The van der Waals surface area contributed by atoms with Crippen LogP contribution < -0.4 is 4.74 Å². The first-order valence-electron chi connectivity index (χ1n) is 10.3. The zero-order valence-electron chi connectivity index (χ0n) is 17.0. The molecule has 158 valence electrons. The van der Waals surface area contributed by atoms with Gasteiger partial charge in [0.2, 0.25) is 5.90 Å². The number of benzene rings is 3. The van der Waals surface area contributed by atoms with Gasteiger partial charge in [-0.3, -0.25) is 0 Å². The molecule has 0 bridgehead atoms. The molecule has 1 heterocycles. The molecular weight excluding hydrogens is 413 g/mol. The van der Waals surface area contributed by atoms with Crippen LogP contribution in [0.2, 0.25) is 0 Å². The van der Waals surface area contributed by atoms with E-state index in [0.717, 1.165) is 46.4 Å². The van der Waals surface area contributed by atoms with E-state index >= 15 is 0 Å². The van der Waals surface area contributed by atoms with Crippen molar-refractivity contribution in [2.75, 3.05) is 0 Å². The highest BCUT2D eigenvalue weighted by atomic mass is 32.2. The van der Waals surface area contributed by atoms with E-state index < -0.39 is 11.4 Å². The number of rotatable bonds is 4. The van der Waals surface area contributed by atoms with Crippen LogP contribution in [0.15, 0.2) is 65.1 Å². The normalized spacial score (nSPS) is 22.3. The molecule has 1 aliphatic heterocycles. The van der Waals surface area contributed by atoms with Crippen LogP contribution in [0.3, 0.4) is 0 Å². The summed E-state index contributed by atoms with van der Waals surface area (Å²) < 4.78 is 35.9. The number of aliphatic hydroxyl groups excluding tert-OH is 1. The summed E-state index contributed by atoms with van der Waals surface area (Å²) in [5.74, 6) is 0.449. The lowest BCUT2D eigenvalue weighted by molar-refractivity contribution is 0.207. The van der Waals surface area contributed by atoms with E-state index in [4.69, 9.17) is 4.74 Å². The van der Waals surface area contributed by atoms with Crippen LogP contribution in [0.25, 0.3) is 11.1 Å². The van der Waals surface area contributed by atoms with Gasteiger partial charge in [0.1, 0.15) is 29.0 Å². The summed E-state index contributed by atoms with van der Waals surface area (Å²) in [4.78, 5) is 0. The molecule has 0 aromatic heterocycles. The number of aryl methyl sites for hydroxylation is 1. The van der Waals surface area contributed by atoms with Crippen molar-refractivity contribution in [2.45, 2.75) is 37.5 Å². The molecule has 4 nitrogen and oxygen atoms in total. The molecule has 0 amide bonds. The first-order valence-corrected chi connectivity index (χ1v) is 11.5. The van der Waals surface area contributed by atoms with Crippen LogP contribution in [-0.2, 0) is 17.8 Å². The van der Waals surface area contributed by atoms with Crippen molar-refractivity contribution < 1.29 is 18.8 Å². The summed E-state index contributed by atoms with van der Waals surface area (Å²) in [6.07, 6.45) is 1.96. The third-order valence-electron chi connectivity index (χ3n) is 6.04. The van der Waals surface area contributed by atoms with Crippen molar-refractivity contribution in [3.63, 3.8) is 0 Å². The summed E-state index contributed by atoms with van der Waals surface area (Å²) in [6.45, 7) is 2.00. The number of fused-ring (bicyclic) bond motifs is 1. The molecule has 3 atom stereocenters. The van der Waals surface area contributed by atoms with Crippen molar-refractivity contribution in [3.05, 3.63) is 88.7 Å². The Morgan fingerprint density at radius 3 is 2.65 bits per heavy atom. The van der Waals surface area contributed by atoms with E-state index in [1.54, 1.807) is 6.07 Å². The number of hydrogen-bond donors (Lipinski definition) is 1. The number of halogens is 1. The lowest BCUT2D eigenvalue weighted by Gasteiger charge is -2.17. The van der Waals surface area contributed by atoms with E-state index in [2.05, 4.69) is 16.5 Å². The third kappa shape index (κ3) is 3.82. The Bertz CT molecular complexity index is 1160. The molecule has 6 heteroatoms. The quantitative estimate of drug-likeness (QED) is 0.517. The van der Waals surface area contributed by atoms with E-state index in [9.17, 15) is 14.0 Å². The maximum absolute atomic E-state index is 13.9. The average Bonchev–Trinajstić information content (AvgIpc) is 3.33. The molecule has 2 aliphatic rings. The van der Waals surface area contributed by atoms with E-state index in [1.165, 1.54) is 11.6 Å². The van der Waals surface area contributed by atoms with Gasteiger partial charge in [-0.25, -0.2) is 4.39 Å². The molecule has 3 aromatic rings. The van der Waals surface area contributed by atoms with Gasteiger partial charge >= 0.3 is 0 Å². The van der Waals surface area contributed by atoms with Crippen LogP contribution in [0.5, 0.6) is 5.75 Å². The third-order valence-corrected chi connectivity index (χ3v) is 7.36. The first-order chi connectivity index (χ1) is 15.0. The Morgan fingerprint density at radius 1 is 1.10 bits per heavy atom. The van der Waals surface area contributed by atoms with Crippen molar-refractivity contribution in [3.8, 4) is 16.9 Å². The molecule has 5 rings (SSSR count). The number of hydrogen-bond acceptors (Lipinski definition) is 3. The van der Waals surface area contributed by atoms with Gasteiger partial charge in [-0.1, -0.05) is 36.4 Å². The molecule has 1 aliphatic carbocycles. The number of nitrogens with zero attached hydrogens (tertiary/aromatic N) is 1. The van der Waals surface area contributed by atoms with Crippen LogP contribution in [0.4, 0.5) is 4.39 Å². The topological polar surface area (TPSA) is 64.9 Å². The van der Waals surface area contributed by atoms with Crippen molar-refractivity contribution in [2.24, 2.45) is 4.40 Å². The molecule has 2 unspecified atom stereocenters. The second-order valence-electron chi connectivity index (χ2n) is 8.02. The molecule has 31 heavy (non-hydrogen) atoms. The van der Waals surface area contributed by atoms with Crippen molar-refractivity contribution in [1.82, 2.24) is 0 Å². The van der Waals surface area contributed by atoms with Gasteiger partial charge in [-0.2, -0.15) is 0 Å². The van der Waals surface area contributed by atoms with Crippen molar-refractivity contribution >= 4 is 17.3 Å². The lowest BCUT2D eigenvalue weighted by Crippen LogP contribution is -2.07. The lowest BCUT2D eigenvalue weighted by atomic mass is 9.94. The summed E-state index contributed by atoms with van der Waals surface area (Å²) >= 11 is -1.44. The highest BCUT2D eigenvalue weighted by Gasteiger charge is 2.34. The molecule has 1 N–H and O–H groups in total. The van der Waals surface area contributed by atoms with Crippen LogP contribution in [0.1, 0.15) is 46.4 Å². The summed E-state index contributed by atoms with van der Waals surface area (Å²) in [5, 5.41) is 9.21. The first kappa shape index (κ1) is 20.1. The standard InChI is InChI=1S/C25H22FNO3S/c1-15-5-8-17(26)13-22(15)19-3-2-4-21-20(19)11-12-23(21)30-18-9-6-16(7-10-18)24-14-25(28)27-31(24)29/h2-10,13,23-24H,11-12,14H2,1H3,(H,27,28)/t23-,24?,31?/m1/s1. The molecule has 0 radical (unpaired) electrons. The Labute approximate surface area is 183 Å². The Hall–Kier alpha value is -2.83. The minimum atomic E-state index is -1.44. The molecule has 0 saturated carbocycles. The summed E-state index contributed by atoms with van der Waals surface area (Å²) in [6, 6.07) is 18.6. The summed E-state index contributed by atoms with van der Waals surface area (Å²) in [5.41, 5.74) is 6.27. The maximum atomic E-state index is 13.9. The van der Waals surface area contributed by atoms with Gasteiger partial charge in [0.25, 0.3) is 0 Å². The molecule has 0 spiro atoms. The van der Waals surface area contributed by atoms with Gasteiger partial charge in [0.05, 0.1) is 6.42 Å². The van der Waals surface area contributed by atoms with Gasteiger partial charge in [0.15, 0.2) is 5.25 Å². The minimum Gasteiger partial charge on any atom is -0.591 e. The minimum absolute atomic E-state index is 0.0597. The molecule has 3 aromatic carbocycles. The highest BCUT2D eigenvalue weighted by molar-refractivity contribution is 7.90. The highest BCUT2D eigenvalue weighted by Crippen LogP contribution is 2.41. The number of ether oxygens (including phenoxy) is 1. The Kier molecular flexibility index (Phi) is 5.20. The number of aliphatic hydroxyl groups is 1. The van der Waals surface area contributed by atoms with E-state index in [-0.39, 0.29) is 23.1 Å². The van der Waals surface area contributed by atoms with Crippen LogP contribution in [-0.4, -0.2) is 15.6 Å². The second kappa shape index (κ2) is 8.02. The molecule has 0 saturated heterocycles. The van der Waals surface area contributed by atoms with Gasteiger partial charge < -0.3 is 14.4 Å². The monoisotopic (exact) mass is 435 g/mol. The average molecular weight is 436 g/mol. The fourth-order valence-electron chi connectivity index (χ4n) is 4.48. The van der Waals surface area contributed by atoms with Crippen molar-refractivity contribution in [1.29, 1.82) is 0 Å². The SMILES string of the molecule is Cc1ccc(F)cc1-c1cccc2c1CC[C@H]2Oc1ccc(C2CC(O)=N[S+]2[O-])cc1. The molecule has 0 fully saturated rings. The van der Waals surface area contributed by atoms with E-state index in [1.807, 2.05) is 43.3 Å². The fourth-order valence-corrected chi connectivity index (χ4v) is 5.57. The maximum Gasteiger partial charge on any atom is 0.240 e. The largest absolute Gasteiger partial charge is 0.591 e. The Balaban J connectivity index is 1.37.